The van der Waals surface area contributed by atoms with Crippen molar-refractivity contribution in [3.63, 3.8) is 0 Å². The first kappa shape index (κ1) is 84.7. The summed E-state index contributed by atoms with van der Waals surface area (Å²) in [5.41, 5.74) is 7.93. The fraction of sp³-hybridized carbons (Fsp3) is 0.526. The van der Waals surface area contributed by atoms with Crippen LogP contribution in [0.5, 0.6) is 0 Å². The molecule has 0 fully saturated rings. The largest absolute Gasteiger partial charge is 0.297 e. The number of benzene rings is 6. The van der Waals surface area contributed by atoms with Gasteiger partial charge in [0.2, 0.25) is 0 Å². The van der Waals surface area contributed by atoms with Gasteiger partial charge in [-0.15, -0.1) is 0 Å². The summed E-state index contributed by atoms with van der Waals surface area (Å²) in [6.07, 6.45) is 1.21. The predicted octanol–water partition coefficient (Wildman–Crippen LogP) is 23.0. The highest BCUT2D eigenvalue weighted by atomic mass is 79.9. The molecule has 6 aromatic rings. The number of hydrogen-bond acceptors (Lipinski definition) is 6. The van der Waals surface area contributed by atoms with Crippen molar-refractivity contribution in [3.8, 4) is 0 Å². The first-order valence-electron chi connectivity index (χ1n) is 31.4. The Morgan fingerprint density at radius 2 is 0.700 bits per heavy atom. The standard InChI is InChI=1S/2C14H23N.C12H17BrClN.C12H17BrFN.2C12H17ClFN/c1-12(2)15(14(3,4)5)11-13-9-7-6-8-10-13;1-5-11-15(14(2,3)4)12-13-9-7-6-8-10-13;2*1-12(2,3)15(4)8-9-5-6-10(13)11(14)7-9;1-12(2,3)15(4)8-9-5-6-11(14)10(13)7-9;1-12(2,3)15(4)8-9-5-6-10(13)11(14)7-9/h6-10,12H,11H2,1-5H3;6-10H,5,11-12H2,1-4H3;4*5-7H,8H2,1-4H3. The van der Waals surface area contributed by atoms with Gasteiger partial charge in [0.25, 0.3) is 0 Å². The molecule has 6 rings (SSSR count). The van der Waals surface area contributed by atoms with E-state index in [1.807, 2.05) is 45.4 Å². The van der Waals surface area contributed by atoms with E-state index in [1.54, 1.807) is 30.3 Å². The minimum absolute atomic E-state index is 0.0795. The lowest BCUT2D eigenvalue weighted by molar-refractivity contribution is 0.0901. The zero-order chi connectivity index (χ0) is 69.3. The first-order chi connectivity index (χ1) is 41.2. The maximum Gasteiger partial charge on any atom is 0.142 e. The summed E-state index contributed by atoms with van der Waals surface area (Å²) in [5, 5.41) is 1.14. The summed E-state index contributed by atoms with van der Waals surface area (Å²) in [7, 11) is 8.22. The average molecular weight is 1430 g/mol. The van der Waals surface area contributed by atoms with Crippen molar-refractivity contribution in [1.82, 2.24) is 29.4 Å². The van der Waals surface area contributed by atoms with E-state index in [4.69, 9.17) is 34.8 Å². The second kappa shape index (κ2) is 38.9. The second-order valence-electron chi connectivity index (χ2n) is 29.6. The Balaban J connectivity index is 0.000000540. The fourth-order valence-electron chi connectivity index (χ4n) is 8.30. The van der Waals surface area contributed by atoms with Gasteiger partial charge in [-0.2, -0.15) is 0 Å². The van der Waals surface area contributed by atoms with E-state index in [-0.39, 0.29) is 60.7 Å². The van der Waals surface area contributed by atoms with E-state index in [2.05, 4.69) is 280 Å². The molecule has 0 unspecified atom stereocenters. The van der Waals surface area contributed by atoms with Crippen LogP contribution in [-0.4, -0.2) is 103 Å². The summed E-state index contributed by atoms with van der Waals surface area (Å²) in [6, 6.07) is 43.1. The predicted molar refractivity (Wildman–Crippen MR) is 395 cm³/mol. The van der Waals surface area contributed by atoms with Crippen molar-refractivity contribution in [2.75, 3.05) is 34.7 Å². The van der Waals surface area contributed by atoms with E-state index >= 15 is 0 Å². The van der Waals surface area contributed by atoms with Crippen LogP contribution in [-0.2, 0) is 39.3 Å². The van der Waals surface area contributed by atoms with Crippen LogP contribution >= 0.6 is 66.7 Å². The van der Waals surface area contributed by atoms with Gasteiger partial charge in [-0.3, -0.25) is 29.4 Å². The number of nitrogens with zero attached hydrogens (tertiary/aromatic N) is 6. The molecule has 0 N–H and O–H groups in total. The molecule has 0 spiro atoms. The van der Waals surface area contributed by atoms with Gasteiger partial charge in [0.1, 0.15) is 17.5 Å². The monoisotopic (exact) mass is 1430 g/mol. The molecule has 0 heterocycles. The smallest absolute Gasteiger partial charge is 0.142 e. The van der Waals surface area contributed by atoms with Crippen molar-refractivity contribution in [2.45, 2.75) is 230 Å². The van der Waals surface area contributed by atoms with Gasteiger partial charge in [-0.25, -0.2) is 13.2 Å². The lowest BCUT2D eigenvalue weighted by atomic mass is 10.0. The molecule has 0 saturated carbocycles. The SMILES string of the molecule is CC(C)N(Cc1ccccc1)C(C)(C)C.CCCN(Cc1ccccc1)C(C)(C)C.CN(Cc1ccc(Br)c(Cl)c1)C(C)(C)C.CN(Cc1ccc(Br)c(F)c1)C(C)(C)C.CN(Cc1ccc(Cl)c(F)c1)C(C)(C)C.CN(Cc1ccc(F)c(Cl)c1)C(C)(C)C. The fourth-order valence-corrected chi connectivity index (χ4v) is 9.31. The quantitative estimate of drug-likeness (QED) is 0.101. The number of hydrogen-bond donors (Lipinski definition) is 0. The Bertz CT molecular complexity index is 2700. The highest BCUT2D eigenvalue weighted by Gasteiger charge is 2.25. The van der Waals surface area contributed by atoms with Gasteiger partial charge < -0.3 is 0 Å². The third-order valence-electron chi connectivity index (χ3n) is 15.5. The van der Waals surface area contributed by atoms with Crippen LogP contribution < -0.4 is 0 Å². The molecule has 0 aliphatic carbocycles. The van der Waals surface area contributed by atoms with E-state index in [1.165, 1.54) is 41.8 Å². The molecular weight excluding hydrogens is 1320 g/mol. The average Bonchev–Trinajstić information content (AvgIpc) is 1.47. The Morgan fingerprint density at radius 3 is 1.02 bits per heavy atom. The van der Waals surface area contributed by atoms with Crippen LogP contribution in [0.1, 0.15) is 185 Å². The van der Waals surface area contributed by atoms with Crippen molar-refractivity contribution in [2.24, 2.45) is 0 Å². The highest BCUT2D eigenvalue weighted by Crippen LogP contribution is 2.27. The Morgan fingerprint density at radius 1 is 0.356 bits per heavy atom. The van der Waals surface area contributed by atoms with Crippen molar-refractivity contribution in [1.29, 1.82) is 0 Å². The maximum absolute atomic E-state index is 13.3. The lowest BCUT2D eigenvalue weighted by Gasteiger charge is -2.39. The van der Waals surface area contributed by atoms with Crippen LogP contribution in [0.15, 0.2) is 142 Å². The molecule has 6 nitrogen and oxygen atoms in total. The van der Waals surface area contributed by atoms with Crippen LogP contribution in [0.3, 0.4) is 0 Å². The summed E-state index contributed by atoms with van der Waals surface area (Å²) >= 11 is 23.9. The van der Waals surface area contributed by atoms with Crippen molar-refractivity contribution in [3.05, 3.63) is 208 Å². The van der Waals surface area contributed by atoms with E-state index in [9.17, 15) is 13.2 Å². The molecular formula is C76H114Br2Cl3F3N6. The van der Waals surface area contributed by atoms with Gasteiger partial charge in [-0.1, -0.05) is 127 Å². The number of halogens is 8. The van der Waals surface area contributed by atoms with Crippen LogP contribution in [0.25, 0.3) is 0 Å². The Kier molecular flexibility index (Phi) is 36.6. The molecule has 0 radical (unpaired) electrons. The Labute approximate surface area is 578 Å². The molecule has 0 aliphatic heterocycles. The lowest BCUT2D eigenvalue weighted by Crippen LogP contribution is -2.45. The minimum Gasteiger partial charge on any atom is -0.297 e. The third-order valence-corrected chi connectivity index (χ3v) is 18.0. The molecule has 6 aromatic carbocycles. The normalized spacial score (nSPS) is 12.2. The van der Waals surface area contributed by atoms with E-state index < -0.39 is 0 Å². The second-order valence-corrected chi connectivity index (χ2v) is 32.5. The molecule has 0 amide bonds. The molecule has 0 bridgehead atoms. The topological polar surface area (TPSA) is 19.4 Å². The van der Waals surface area contributed by atoms with Crippen molar-refractivity contribution >= 4 is 66.7 Å². The van der Waals surface area contributed by atoms with Crippen LogP contribution in [0.4, 0.5) is 13.2 Å². The molecule has 0 aliphatic rings. The molecule has 504 valence electrons. The summed E-state index contributed by atoms with van der Waals surface area (Å²) in [4.78, 5) is 13.9. The van der Waals surface area contributed by atoms with E-state index in [0.29, 0.717) is 10.5 Å². The number of rotatable bonds is 15. The summed E-state index contributed by atoms with van der Waals surface area (Å²) < 4.78 is 40.8. The van der Waals surface area contributed by atoms with Gasteiger partial charge in [0.15, 0.2) is 0 Å². The summed E-state index contributed by atoms with van der Waals surface area (Å²) in [6.45, 7) is 52.6. The van der Waals surface area contributed by atoms with Crippen LogP contribution in [0, 0.1) is 17.5 Å². The zero-order valence-electron chi connectivity index (χ0n) is 59.6. The first-order valence-corrected chi connectivity index (χ1v) is 34.1. The van der Waals surface area contributed by atoms with Crippen LogP contribution in [0.2, 0.25) is 15.1 Å². The summed E-state index contributed by atoms with van der Waals surface area (Å²) in [5.74, 6) is -0.912. The third kappa shape index (κ3) is 34.2. The zero-order valence-corrected chi connectivity index (χ0v) is 65.1. The van der Waals surface area contributed by atoms with Gasteiger partial charge in [-0.05, 0) is 293 Å². The van der Waals surface area contributed by atoms with Gasteiger partial charge in [0.05, 0.1) is 19.5 Å². The highest BCUT2D eigenvalue weighted by molar-refractivity contribution is 9.10. The minimum atomic E-state index is -0.362. The molecule has 90 heavy (non-hydrogen) atoms. The maximum atomic E-state index is 13.3. The molecule has 14 heteroatoms. The van der Waals surface area contributed by atoms with E-state index in [0.717, 1.165) is 65.5 Å². The van der Waals surface area contributed by atoms with Gasteiger partial charge in [0, 0.05) is 83.0 Å². The van der Waals surface area contributed by atoms with Crippen molar-refractivity contribution < 1.29 is 13.2 Å². The molecule has 0 atom stereocenters. The molecule has 0 saturated heterocycles. The Hall–Kier alpha value is -3.30. The van der Waals surface area contributed by atoms with Gasteiger partial charge >= 0.3 is 0 Å². The molecule has 0 aromatic heterocycles.